The van der Waals surface area contributed by atoms with Crippen LogP contribution in [0.25, 0.3) is 22.3 Å². The lowest BCUT2D eigenvalue weighted by atomic mass is 10.1. The van der Waals surface area contributed by atoms with Crippen molar-refractivity contribution < 1.29 is 9.53 Å². The van der Waals surface area contributed by atoms with Gasteiger partial charge in [0.05, 0.1) is 11.4 Å². The Hall–Kier alpha value is -4.00. The second-order valence-electron chi connectivity index (χ2n) is 8.23. The lowest BCUT2D eigenvalue weighted by molar-refractivity contribution is -0.127. The maximum atomic E-state index is 12.2. The predicted molar refractivity (Wildman–Crippen MR) is 127 cm³/mol. The highest BCUT2D eigenvalue weighted by molar-refractivity contribution is 5.91. The molecule has 1 aliphatic heterocycles. The van der Waals surface area contributed by atoms with E-state index in [-0.39, 0.29) is 11.9 Å². The average Bonchev–Trinajstić information content (AvgIpc) is 3.25. The van der Waals surface area contributed by atoms with E-state index in [9.17, 15) is 4.79 Å². The summed E-state index contributed by atoms with van der Waals surface area (Å²) in [6.45, 7) is 6.98. The van der Waals surface area contributed by atoms with Crippen molar-refractivity contribution in [1.82, 2.24) is 24.6 Å². The van der Waals surface area contributed by atoms with Crippen molar-refractivity contribution >= 4 is 16.9 Å². The molecule has 166 valence electrons. The van der Waals surface area contributed by atoms with Gasteiger partial charge in [0.25, 0.3) is 0 Å². The third kappa shape index (κ3) is 4.09. The molecule has 7 heteroatoms. The van der Waals surface area contributed by atoms with Crippen molar-refractivity contribution in [3.8, 4) is 22.8 Å². The zero-order valence-corrected chi connectivity index (χ0v) is 18.5. The van der Waals surface area contributed by atoms with Crippen LogP contribution < -0.4 is 4.74 Å². The first kappa shape index (κ1) is 20.9. The summed E-state index contributed by atoms with van der Waals surface area (Å²) in [4.78, 5) is 22.8. The molecular formula is C26H25N5O2. The first-order chi connectivity index (χ1) is 16.1. The molecule has 1 amide bonds. The van der Waals surface area contributed by atoms with Crippen LogP contribution in [0.2, 0.25) is 0 Å². The van der Waals surface area contributed by atoms with Gasteiger partial charge in [0.1, 0.15) is 23.5 Å². The largest absolute Gasteiger partial charge is 0.457 e. The number of carbonyl (C=O) groups excluding carboxylic acids is 1. The van der Waals surface area contributed by atoms with Gasteiger partial charge < -0.3 is 9.64 Å². The van der Waals surface area contributed by atoms with E-state index in [1.807, 2.05) is 59.0 Å². The van der Waals surface area contributed by atoms with Gasteiger partial charge in [0.15, 0.2) is 5.65 Å². The van der Waals surface area contributed by atoms with Gasteiger partial charge in [-0.3, -0.25) is 4.79 Å². The molecule has 5 rings (SSSR count). The Morgan fingerprint density at radius 3 is 2.85 bits per heavy atom. The molecule has 33 heavy (non-hydrogen) atoms. The Morgan fingerprint density at radius 1 is 1.21 bits per heavy atom. The van der Waals surface area contributed by atoms with Crippen molar-refractivity contribution in [2.75, 3.05) is 13.1 Å². The number of carbonyl (C=O) groups is 1. The van der Waals surface area contributed by atoms with Crippen LogP contribution in [0.1, 0.15) is 24.4 Å². The van der Waals surface area contributed by atoms with E-state index >= 15 is 0 Å². The standard InChI is InChI=1S/C26H25N5O2/c1-3-24(32)30-13-7-8-20(16-30)31-26-22(15-27-17-28-26)25(29-31)19-11-12-23(18(2)14-19)33-21-9-5-4-6-10-21/h3-6,9-12,14-15,17,20H,1,7-8,13,16H2,2H3/t20-/m1/s1. The monoisotopic (exact) mass is 439 g/mol. The van der Waals surface area contributed by atoms with Crippen molar-refractivity contribution in [2.24, 2.45) is 0 Å². The zero-order valence-electron chi connectivity index (χ0n) is 18.5. The molecule has 0 saturated carbocycles. The van der Waals surface area contributed by atoms with E-state index in [1.54, 1.807) is 12.5 Å². The van der Waals surface area contributed by atoms with E-state index in [0.717, 1.165) is 58.7 Å². The fourth-order valence-corrected chi connectivity index (χ4v) is 4.36. The summed E-state index contributed by atoms with van der Waals surface area (Å²) >= 11 is 0. The molecule has 7 nitrogen and oxygen atoms in total. The number of fused-ring (bicyclic) bond motifs is 1. The minimum atomic E-state index is -0.0457. The number of amides is 1. The summed E-state index contributed by atoms with van der Waals surface area (Å²) in [5, 5.41) is 5.86. The van der Waals surface area contributed by atoms with Crippen LogP contribution in [0.15, 0.2) is 73.7 Å². The van der Waals surface area contributed by atoms with E-state index in [2.05, 4.69) is 22.6 Å². The maximum Gasteiger partial charge on any atom is 0.246 e. The number of likely N-dealkylation sites (tertiary alicyclic amines) is 1. The Labute approximate surface area is 192 Å². The number of nitrogens with zero attached hydrogens (tertiary/aromatic N) is 5. The molecule has 1 aliphatic rings. The van der Waals surface area contributed by atoms with Gasteiger partial charge in [-0.25, -0.2) is 14.6 Å². The minimum absolute atomic E-state index is 0.0457. The molecule has 0 radical (unpaired) electrons. The third-order valence-electron chi connectivity index (χ3n) is 6.02. The van der Waals surface area contributed by atoms with E-state index in [0.29, 0.717) is 6.54 Å². The number of para-hydroxylation sites is 1. The van der Waals surface area contributed by atoms with Crippen LogP contribution in [-0.2, 0) is 4.79 Å². The Balaban J connectivity index is 1.50. The zero-order chi connectivity index (χ0) is 22.8. The van der Waals surface area contributed by atoms with Gasteiger partial charge in [0.2, 0.25) is 5.91 Å². The topological polar surface area (TPSA) is 73.1 Å². The molecule has 1 atom stereocenters. The fraction of sp³-hybridized carbons (Fsp3) is 0.231. The summed E-state index contributed by atoms with van der Waals surface area (Å²) < 4.78 is 7.99. The molecule has 1 fully saturated rings. The number of hydrogen-bond acceptors (Lipinski definition) is 5. The van der Waals surface area contributed by atoms with Crippen LogP contribution in [0, 0.1) is 6.92 Å². The molecule has 0 N–H and O–H groups in total. The molecule has 0 spiro atoms. The molecule has 0 bridgehead atoms. The highest BCUT2D eigenvalue weighted by atomic mass is 16.5. The number of aryl methyl sites for hydroxylation is 1. The summed E-state index contributed by atoms with van der Waals surface area (Å²) in [5.41, 5.74) is 3.59. The van der Waals surface area contributed by atoms with Crippen LogP contribution >= 0.6 is 0 Å². The normalized spacial score (nSPS) is 16.0. The summed E-state index contributed by atoms with van der Waals surface area (Å²) in [6.07, 6.45) is 6.57. The van der Waals surface area contributed by atoms with Gasteiger partial charge in [-0.2, -0.15) is 5.10 Å². The van der Waals surface area contributed by atoms with Gasteiger partial charge in [-0.1, -0.05) is 24.8 Å². The molecule has 2 aromatic carbocycles. The number of hydrogen-bond donors (Lipinski definition) is 0. The van der Waals surface area contributed by atoms with Gasteiger partial charge in [-0.05, 0) is 61.7 Å². The Kier molecular flexibility index (Phi) is 5.60. The Morgan fingerprint density at radius 2 is 2.06 bits per heavy atom. The lowest BCUT2D eigenvalue weighted by Crippen LogP contribution is -2.40. The molecule has 4 aromatic rings. The number of rotatable bonds is 5. The van der Waals surface area contributed by atoms with Crippen LogP contribution in [0.5, 0.6) is 11.5 Å². The number of benzene rings is 2. The maximum absolute atomic E-state index is 12.2. The lowest BCUT2D eigenvalue weighted by Gasteiger charge is -2.32. The highest BCUT2D eigenvalue weighted by Gasteiger charge is 2.27. The van der Waals surface area contributed by atoms with Crippen molar-refractivity contribution in [3.63, 3.8) is 0 Å². The number of aromatic nitrogens is 4. The van der Waals surface area contributed by atoms with Crippen molar-refractivity contribution in [3.05, 3.63) is 79.3 Å². The van der Waals surface area contributed by atoms with Gasteiger partial charge >= 0.3 is 0 Å². The molecule has 0 unspecified atom stereocenters. The summed E-state index contributed by atoms with van der Waals surface area (Å²) in [6, 6.07) is 15.8. The van der Waals surface area contributed by atoms with Crippen LogP contribution in [-0.4, -0.2) is 43.6 Å². The third-order valence-corrected chi connectivity index (χ3v) is 6.02. The molecule has 1 saturated heterocycles. The second kappa shape index (κ2) is 8.86. The second-order valence-corrected chi connectivity index (χ2v) is 8.23. The predicted octanol–water partition coefficient (Wildman–Crippen LogP) is 4.94. The molecule has 2 aromatic heterocycles. The van der Waals surface area contributed by atoms with Gasteiger partial charge in [-0.15, -0.1) is 0 Å². The van der Waals surface area contributed by atoms with E-state index in [4.69, 9.17) is 9.84 Å². The first-order valence-corrected chi connectivity index (χ1v) is 11.1. The van der Waals surface area contributed by atoms with Crippen LogP contribution in [0.4, 0.5) is 0 Å². The molecular weight excluding hydrogens is 414 g/mol. The average molecular weight is 440 g/mol. The number of piperidine rings is 1. The SMILES string of the molecule is C=CC(=O)N1CCC[C@@H](n2nc(-c3ccc(Oc4ccccc4)c(C)c3)c3cncnc32)C1. The summed E-state index contributed by atoms with van der Waals surface area (Å²) in [7, 11) is 0. The molecule has 0 aliphatic carbocycles. The quantitative estimate of drug-likeness (QED) is 0.412. The Bertz CT molecular complexity index is 1320. The van der Waals surface area contributed by atoms with Crippen molar-refractivity contribution in [1.29, 1.82) is 0 Å². The first-order valence-electron chi connectivity index (χ1n) is 11.1. The smallest absolute Gasteiger partial charge is 0.246 e. The van der Waals surface area contributed by atoms with Crippen molar-refractivity contribution in [2.45, 2.75) is 25.8 Å². The number of ether oxygens (including phenoxy) is 1. The van der Waals surface area contributed by atoms with E-state index < -0.39 is 0 Å². The molecule has 3 heterocycles. The van der Waals surface area contributed by atoms with Crippen LogP contribution in [0.3, 0.4) is 0 Å². The van der Waals surface area contributed by atoms with Gasteiger partial charge in [0, 0.05) is 24.8 Å². The summed E-state index contributed by atoms with van der Waals surface area (Å²) in [5.74, 6) is 1.55. The minimum Gasteiger partial charge on any atom is -0.457 e. The fourth-order valence-electron chi connectivity index (χ4n) is 4.36. The van der Waals surface area contributed by atoms with E-state index in [1.165, 1.54) is 6.08 Å². The highest BCUT2D eigenvalue weighted by Crippen LogP contribution is 2.34.